The molecule has 8 heteroatoms. The van der Waals surface area contributed by atoms with Crippen molar-refractivity contribution in [1.29, 1.82) is 0 Å². The molecule has 0 bridgehead atoms. The fourth-order valence-corrected chi connectivity index (χ4v) is 3.86. The van der Waals surface area contributed by atoms with Gasteiger partial charge in [-0.1, -0.05) is 6.92 Å². The van der Waals surface area contributed by atoms with Crippen molar-refractivity contribution >= 4 is 11.8 Å². The minimum atomic E-state index is -4.41. The Kier molecular flexibility index (Phi) is 6.27. The van der Waals surface area contributed by atoms with E-state index in [0.717, 1.165) is 44.9 Å². The van der Waals surface area contributed by atoms with Gasteiger partial charge in [-0.15, -0.1) is 0 Å². The lowest BCUT2D eigenvalue weighted by Gasteiger charge is -2.38. The van der Waals surface area contributed by atoms with Crippen LogP contribution in [0.3, 0.4) is 0 Å². The van der Waals surface area contributed by atoms with Crippen LogP contribution in [0.1, 0.15) is 35.7 Å². The number of likely N-dealkylation sites (tertiary alicyclic amines) is 1. The molecular weight excluding hydrogens is 371 g/mol. The van der Waals surface area contributed by atoms with Gasteiger partial charge in [0.1, 0.15) is 0 Å². The molecule has 2 aliphatic rings. The lowest BCUT2D eigenvalue weighted by Crippen LogP contribution is -2.51. The van der Waals surface area contributed by atoms with Gasteiger partial charge in [-0.25, -0.2) is 0 Å². The summed E-state index contributed by atoms with van der Waals surface area (Å²) >= 11 is 0. The smallest absolute Gasteiger partial charge is 0.340 e. The number of amides is 2. The number of carbonyl (C=O) groups is 2. The lowest BCUT2D eigenvalue weighted by molar-refractivity contribution is -0.139. The SMILES string of the molecule is CCN1CCN(C(=O)C2CCN(C(=O)c3ccc(C(F)(F)F)cc3)CC2)CC1. The third-order valence-corrected chi connectivity index (χ3v) is 5.72. The number of nitrogens with zero attached hydrogens (tertiary/aromatic N) is 3. The van der Waals surface area contributed by atoms with Crippen molar-refractivity contribution in [2.45, 2.75) is 25.9 Å². The van der Waals surface area contributed by atoms with Crippen LogP contribution in [-0.4, -0.2) is 72.3 Å². The summed E-state index contributed by atoms with van der Waals surface area (Å²) in [6, 6.07) is 4.30. The van der Waals surface area contributed by atoms with Gasteiger partial charge in [0.25, 0.3) is 5.91 Å². The number of piperazine rings is 1. The second-order valence-corrected chi connectivity index (χ2v) is 7.40. The summed E-state index contributed by atoms with van der Waals surface area (Å²) in [6.45, 7) is 7.29. The van der Waals surface area contributed by atoms with E-state index in [4.69, 9.17) is 0 Å². The maximum atomic E-state index is 12.7. The highest BCUT2D eigenvalue weighted by Gasteiger charge is 2.33. The summed E-state index contributed by atoms with van der Waals surface area (Å²) in [7, 11) is 0. The van der Waals surface area contributed by atoms with Crippen molar-refractivity contribution in [3.8, 4) is 0 Å². The number of rotatable bonds is 3. The highest BCUT2D eigenvalue weighted by Crippen LogP contribution is 2.29. The first-order valence-electron chi connectivity index (χ1n) is 9.77. The molecule has 0 atom stereocenters. The Morgan fingerprint density at radius 3 is 2.00 bits per heavy atom. The number of hydrogen-bond acceptors (Lipinski definition) is 3. The zero-order valence-corrected chi connectivity index (χ0v) is 16.0. The molecule has 28 heavy (non-hydrogen) atoms. The van der Waals surface area contributed by atoms with Crippen molar-refractivity contribution in [3.05, 3.63) is 35.4 Å². The van der Waals surface area contributed by atoms with E-state index < -0.39 is 11.7 Å². The molecule has 0 aliphatic carbocycles. The largest absolute Gasteiger partial charge is 0.416 e. The molecule has 1 aromatic rings. The van der Waals surface area contributed by atoms with E-state index in [1.165, 1.54) is 12.1 Å². The minimum absolute atomic E-state index is 0.0789. The van der Waals surface area contributed by atoms with E-state index in [-0.39, 0.29) is 23.3 Å². The Balaban J connectivity index is 1.52. The molecule has 0 N–H and O–H groups in total. The first-order chi connectivity index (χ1) is 13.3. The van der Waals surface area contributed by atoms with Crippen LogP contribution >= 0.6 is 0 Å². The maximum Gasteiger partial charge on any atom is 0.416 e. The Bertz CT molecular complexity index is 690. The van der Waals surface area contributed by atoms with Gasteiger partial charge >= 0.3 is 6.18 Å². The monoisotopic (exact) mass is 397 g/mol. The average molecular weight is 397 g/mol. The van der Waals surface area contributed by atoms with Gasteiger partial charge < -0.3 is 14.7 Å². The molecule has 0 aromatic heterocycles. The van der Waals surface area contributed by atoms with Crippen molar-refractivity contribution < 1.29 is 22.8 Å². The summed E-state index contributed by atoms with van der Waals surface area (Å²) in [6.07, 6.45) is -3.22. The summed E-state index contributed by atoms with van der Waals surface area (Å²) < 4.78 is 38.0. The predicted octanol–water partition coefficient (Wildman–Crippen LogP) is 2.72. The minimum Gasteiger partial charge on any atom is -0.340 e. The number of alkyl halides is 3. The zero-order valence-electron chi connectivity index (χ0n) is 16.0. The number of benzene rings is 1. The van der Waals surface area contributed by atoms with Crippen LogP contribution in [-0.2, 0) is 11.0 Å². The molecule has 0 spiro atoms. The first kappa shape index (κ1) is 20.6. The number of piperidine rings is 1. The second kappa shape index (κ2) is 8.51. The Morgan fingerprint density at radius 1 is 0.929 bits per heavy atom. The molecule has 3 rings (SSSR count). The van der Waals surface area contributed by atoms with Crippen molar-refractivity contribution in [3.63, 3.8) is 0 Å². The third-order valence-electron chi connectivity index (χ3n) is 5.72. The lowest BCUT2D eigenvalue weighted by atomic mass is 9.94. The van der Waals surface area contributed by atoms with E-state index in [9.17, 15) is 22.8 Å². The van der Waals surface area contributed by atoms with Crippen molar-refractivity contribution in [2.75, 3.05) is 45.8 Å². The van der Waals surface area contributed by atoms with Gasteiger partial charge in [0.2, 0.25) is 5.91 Å². The summed E-state index contributed by atoms with van der Waals surface area (Å²) in [5.74, 6) is -0.196. The van der Waals surface area contributed by atoms with Crippen LogP contribution in [0.25, 0.3) is 0 Å². The molecule has 2 aliphatic heterocycles. The Labute approximate surface area is 163 Å². The number of halogens is 3. The zero-order chi connectivity index (χ0) is 20.3. The average Bonchev–Trinajstić information content (AvgIpc) is 2.72. The molecule has 2 heterocycles. The van der Waals surface area contributed by atoms with E-state index in [1.54, 1.807) is 4.90 Å². The Morgan fingerprint density at radius 2 is 1.50 bits per heavy atom. The molecule has 1 aromatic carbocycles. The highest BCUT2D eigenvalue weighted by atomic mass is 19.4. The topological polar surface area (TPSA) is 43.9 Å². The molecule has 5 nitrogen and oxygen atoms in total. The van der Waals surface area contributed by atoms with Gasteiger partial charge in [0.05, 0.1) is 5.56 Å². The normalized spacial score (nSPS) is 19.7. The van der Waals surface area contributed by atoms with E-state index in [1.807, 2.05) is 4.90 Å². The number of hydrogen-bond donors (Lipinski definition) is 0. The fraction of sp³-hybridized carbons (Fsp3) is 0.600. The van der Waals surface area contributed by atoms with Crippen LogP contribution in [0.4, 0.5) is 13.2 Å². The number of carbonyl (C=O) groups excluding carboxylic acids is 2. The molecule has 2 amide bonds. The van der Waals surface area contributed by atoms with Crippen LogP contribution in [0.2, 0.25) is 0 Å². The number of likely N-dealkylation sites (N-methyl/N-ethyl adjacent to an activating group) is 1. The van der Waals surface area contributed by atoms with Gasteiger partial charge in [-0.3, -0.25) is 9.59 Å². The molecule has 0 unspecified atom stereocenters. The van der Waals surface area contributed by atoms with Crippen LogP contribution < -0.4 is 0 Å². The summed E-state index contributed by atoms with van der Waals surface area (Å²) in [5, 5.41) is 0. The van der Waals surface area contributed by atoms with Gasteiger partial charge in [0.15, 0.2) is 0 Å². The van der Waals surface area contributed by atoms with E-state index in [2.05, 4.69) is 11.8 Å². The van der Waals surface area contributed by atoms with Gasteiger partial charge in [0, 0.05) is 50.7 Å². The maximum absolute atomic E-state index is 12.7. The van der Waals surface area contributed by atoms with Gasteiger partial charge in [-0.05, 0) is 43.7 Å². The van der Waals surface area contributed by atoms with Gasteiger partial charge in [-0.2, -0.15) is 13.2 Å². The molecule has 0 saturated carbocycles. The van der Waals surface area contributed by atoms with Crippen LogP contribution in [0.5, 0.6) is 0 Å². The summed E-state index contributed by atoms with van der Waals surface area (Å²) in [5.41, 5.74) is -0.523. The fourth-order valence-electron chi connectivity index (χ4n) is 3.86. The van der Waals surface area contributed by atoms with Crippen molar-refractivity contribution in [1.82, 2.24) is 14.7 Å². The van der Waals surface area contributed by atoms with Crippen LogP contribution in [0, 0.1) is 5.92 Å². The third kappa shape index (κ3) is 4.66. The quantitative estimate of drug-likeness (QED) is 0.788. The highest BCUT2D eigenvalue weighted by molar-refractivity contribution is 5.94. The molecular formula is C20H26F3N3O2. The molecule has 0 radical (unpaired) electrons. The first-order valence-corrected chi connectivity index (χ1v) is 9.77. The Hall–Kier alpha value is -2.09. The second-order valence-electron chi connectivity index (χ2n) is 7.40. The molecule has 2 saturated heterocycles. The van der Waals surface area contributed by atoms with Crippen LogP contribution in [0.15, 0.2) is 24.3 Å². The van der Waals surface area contributed by atoms with E-state index in [0.29, 0.717) is 25.9 Å². The standard InChI is InChI=1S/C20H26F3N3O2/c1-2-24-11-13-26(14-12-24)19(28)16-7-9-25(10-8-16)18(27)15-3-5-17(6-4-15)20(21,22)23/h3-6,16H,2,7-14H2,1H3. The predicted molar refractivity (Wildman–Crippen MR) is 98.8 cm³/mol. The molecule has 2 fully saturated rings. The van der Waals surface area contributed by atoms with E-state index >= 15 is 0 Å². The molecule has 154 valence electrons. The summed E-state index contributed by atoms with van der Waals surface area (Å²) in [4.78, 5) is 31.1. The van der Waals surface area contributed by atoms with Crippen molar-refractivity contribution in [2.24, 2.45) is 5.92 Å².